The molecular weight excluding hydrogens is 186 g/mol. The van der Waals surface area contributed by atoms with E-state index in [4.69, 9.17) is 9.47 Å². The molecule has 0 amide bonds. The molecule has 2 rings (SSSR count). The lowest BCUT2D eigenvalue weighted by Crippen LogP contribution is -1.94. The summed E-state index contributed by atoms with van der Waals surface area (Å²) >= 11 is 4.49. The molecule has 4 heteroatoms. The molecule has 1 heterocycles. The van der Waals surface area contributed by atoms with Crippen molar-refractivity contribution in [2.75, 3.05) is 0 Å². The quantitative estimate of drug-likeness (QED) is 0.505. The van der Waals surface area contributed by atoms with Crippen LogP contribution in [-0.2, 0) is 0 Å². The van der Waals surface area contributed by atoms with Gasteiger partial charge >= 0.3 is 0 Å². The minimum absolute atomic E-state index is 0.633. The Morgan fingerprint density at radius 2 is 1.92 bits per heavy atom. The first-order valence-corrected chi connectivity index (χ1v) is 4.01. The van der Waals surface area contributed by atoms with Gasteiger partial charge in [-0.05, 0) is 24.4 Å². The van der Waals surface area contributed by atoms with Gasteiger partial charge in [-0.25, -0.2) is 0 Å². The molecule has 64 valence electrons. The molecule has 1 aliphatic heterocycles. The molecule has 0 aliphatic carbocycles. The number of benzene rings is 1. The first-order valence-electron chi connectivity index (χ1n) is 3.60. The number of fused-ring (bicyclic) bond motifs is 1. The summed E-state index contributed by atoms with van der Waals surface area (Å²) in [5.74, 6) is 1.31. The zero-order valence-corrected chi connectivity index (χ0v) is 7.38. The van der Waals surface area contributed by atoms with Gasteiger partial charge in [0.15, 0.2) is 11.5 Å². The third-order valence-electron chi connectivity index (χ3n) is 1.55. The van der Waals surface area contributed by atoms with Crippen LogP contribution in [0.25, 0.3) is 0 Å². The fourth-order valence-corrected chi connectivity index (χ4v) is 1.12. The fourth-order valence-electron chi connectivity index (χ4n) is 1.01. The van der Waals surface area contributed by atoms with Crippen molar-refractivity contribution in [1.29, 1.82) is 0 Å². The second-order valence-electron chi connectivity index (χ2n) is 2.34. The smallest absolute Gasteiger partial charge is 0.171 e. The minimum Gasteiger partial charge on any atom is -0.458 e. The molecule has 0 unspecified atom stereocenters. The second kappa shape index (κ2) is 3.39. The van der Waals surface area contributed by atoms with E-state index in [9.17, 15) is 0 Å². The van der Waals surface area contributed by atoms with Gasteiger partial charge < -0.3 is 9.47 Å². The lowest BCUT2D eigenvalue weighted by atomic mass is 10.3. The molecule has 0 radical (unpaired) electrons. The van der Waals surface area contributed by atoms with Crippen molar-refractivity contribution in [2.45, 2.75) is 0 Å². The SMILES string of the molecule is S=C=Nc1ccc2c(c1)OC=CO2. The molecule has 1 aromatic carbocycles. The minimum atomic E-state index is 0.633. The summed E-state index contributed by atoms with van der Waals surface area (Å²) in [4.78, 5) is 3.82. The molecule has 0 bridgehead atoms. The molecule has 3 nitrogen and oxygen atoms in total. The molecule has 0 saturated heterocycles. The van der Waals surface area contributed by atoms with Gasteiger partial charge in [-0.3, -0.25) is 0 Å². The third kappa shape index (κ3) is 1.59. The molecule has 13 heavy (non-hydrogen) atoms. The van der Waals surface area contributed by atoms with Gasteiger partial charge in [-0.15, -0.1) is 0 Å². The molecule has 0 N–H and O–H groups in total. The monoisotopic (exact) mass is 191 g/mol. The van der Waals surface area contributed by atoms with Crippen LogP contribution in [0.1, 0.15) is 0 Å². The maximum absolute atomic E-state index is 5.18. The number of isothiocyanates is 1. The van der Waals surface area contributed by atoms with Gasteiger partial charge in [0.25, 0.3) is 0 Å². The van der Waals surface area contributed by atoms with Gasteiger partial charge in [0.1, 0.15) is 12.5 Å². The van der Waals surface area contributed by atoms with Crippen LogP contribution in [-0.4, -0.2) is 5.16 Å². The normalized spacial score (nSPS) is 12.0. The van der Waals surface area contributed by atoms with Crippen LogP contribution in [0.2, 0.25) is 0 Å². The average molecular weight is 191 g/mol. The molecule has 0 spiro atoms. The molecule has 1 aliphatic rings. The molecular formula is C9H5NO2S. The highest BCUT2D eigenvalue weighted by Crippen LogP contribution is 2.33. The Hall–Kier alpha value is -1.64. The Morgan fingerprint density at radius 1 is 1.15 bits per heavy atom. The molecule has 0 aromatic heterocycles. The number of rotatable bonds is 1. The fraction of sp³-hybridized carbons (Fsp3) is 0. The summed E-state index contributed by atoms with van der Waals surface area (Å²) in [6, 6.07) is 5.28. The number of aliphatic imine (C=N–C) groups is 1. The van der Waals surface area contributed by atoms with Gasteiger partial charge in [0.05, 0.1) is 10.8 Å². The van der Waals surface area contributed by atoms with E-state index < -0.39 is 0 Å². The summed E-state index contributed by atoms with van der Waals surface area (Å²) in [5.41, 5.74) is 0.702. The van der Waals surface area contributed by atoms with Crippen molar-refractivity contribution in [3.63, 3.8) is 0 Å². The molecule has 0 saturated carbocycles. The predicted octanol–water partition coefficient (Wildman–Crippen LogP) is 2.66. The lowest BCUT2D eigenvalue weighted by molar-refractivity contribution is 0.362. The van der Waals surface area contributed by atoms with Crippen LogP contribution >= 0.6 is 12.2 Å². The largest absolute Gasteiger partial charge is 0.458 e. The van der Waals surface area contributed by atoms with E-state index in [1.54, 1.807) is 18.2 Å². The van der Waals surface area contributed by atoms with Crippen molar-refractivity contribution in [1.82, 2.24) is 0 Å². The average Bonchev–Trinajstić information content (AvgIpc) is 2.18. The first kappa shape index (κ1) is 7.98. The molecule has 0 fully saturated rings. The van der Waals surface area contributed by atoms with E-state index in [0.717, 1.165) is 0 Å². The molecule has 1 aromatic rings. The summed E-state index contributed by atoms with van der Waals surface area (Å²) in [6.45, 7) is 0. The Balaban J connectivity index is 2.43. The lowest BCUT2D eigenvalue weighted by Gasteiger charge is -2.11. The predicted molar refractivity (Wildman–Crippen MR) is 51.5 cm³/mol. The van der Waals surface area contributed by atoms with E-state index in [2.05, 4.69) is 22.4 Å². The van der Waals surface area contributed by atoms with Crippen LogP contribution < -0.4 is 9.47 Å². The van der Waals surface area contributed by atoms with Crippen LogP contribution in [0.4, 0.5) is 5.69 Å². The van der Waals surface area contributed by atoms with Crippen LogP contribution in [0.5, 0.6) is 11.5 Å². The maximum Gasteiger partial charge on any atom is 0.171 e. The number of hydrogen-bond donors (Lipinski definition) is 0. The number of hydrogen-bond acceptors (Lipinski definition) is 4. The summed E-state index contributed by atoms with van der Waals surface area (Å²) in [7, 11) is 0. The van der Waals surface area contributed by atoms with Crippen molar-refractivity contribution in [3.05, 3.63) is 30.7 Å². The zero-order valence-electron chi connectivity index (χ0n) is 6.56. The van der Waals surface area contributed by atoms with E-state index >= 15 is 0 Å². The third-order valence-corrected chi connectivity index (χ3v) is 1.64. The van der Waals surface area contributed by atoms with Gasteiger partial charge in [0.2, 0.25) is 0 Å². The van der Waals surface area contributed by atoms with Gasteiger partial charge in [-0.1, -0.05) is 0 Å². The number of thiocarbonyl (C=S) groups is 1. The summed E-state index contributed by atoms with van der Waals surface area (Å²) < 4.78 is 10.3. The van der Waals surface area contributed by atoms with Gasteiger partial charge in [0, 0.05) is 6.07 Å². The zero-order chi connectivity index (χ0) is 9.10. The maximum atomic E-state index is 5.18. The highest BCUT2D eigenvalue weighted by molar-refractivity contribution is 7.78. The van der Waals surface area contributed by atoms with E-state index in [-0.39, 0.29) is 0 Å². The van der Waals surface area contributed by atoms with Crippen molar-refractivity contribution >= 4 is 23.1 Å². The van der Waals surface area contributed by atoms with Crippen molar-refractivity contribution < 1.29 is 9.47 Å². The number of nitrogens with zero attached hydrogens (tertiary/aromatic N) is 1. The number of ether oxygens (including phenoxy) is 2. The van der Waals surface area contributed by atoms with Crippen LogP contribution in [0, 0.1) is 0 Å². The summed E-state index contributed by atoms with van der Waals surface area (Å²) in [6.07, 6.45) is 2.94. The first-order chi connectivity index (χ1) is 6.40. The van der Waals surface area contributed by atoms with E-state index in [1.807, 2.05) is 0 Å². The van der Waals surface area contributed by atoms with E-state index in [1.165, 1.54) is 12.5 Å². The van der Waals surface area contributed by atoms with Crippen molar-refractivity contribution in [2.24, 2.45) is 4.99 Å². The highest BCUT2D eigenvalue weighted by atomic mass is 32.1. The molecule has 0 atom stereocenters. The van der Waals surface area contributed by atoms with E-state index in [0.29, 0.717) is 17.2 Å². The Labute approximate surface area is 80.3 Å². The summed E-state index contributed by atoms with van der Waals surface area (Å²) in [5, 5.41) is 2.28. The second-order valence-corrected chi connectivity index (χ2v) is 2.52. The Bertz CT molecular complexity index is 408. The highest BCUT2D eigenvalue weighted by Gasteiger charge is 2.07. The van der Waals surface area contributed by atoms with Gasteiger partial charge in [-0.2, -0.15) is 4.99 Å². The van der Waals surface area contributed by atoms with Crippen LogP contribution in [0.3, 0.4) is 0 Å². The Kier molecular flexibility index (Phi) is 2.08. The topological polar surface area (TPSA) is 30.8 Å². The Morgan fingerprint density at radius 3 is 2.69 bits per heavy atom. The standard InChI is InChI=1S/C9H5NO2S/c13-6-10-7-1-2-8-9(5-7)12-4-3-11-8/h1-5H. The van der Waals surface area contributed by atoms with Crippen LogP contribution in [0.15, 0.2) is 35.7 Å². The van der Waals surface area contributed by atoms with Crippen molar-refractivity contribution in [3.8, 4) is 11.5 Å².